The molecule has 1 N–H and O–H groups in total. The maximum absolute atomic E-state index is 12.7. The topological polar surface area (TPSA) is 75.7 Å². The molecule has 0 saturated heterocycles. The summed E-state index contributed by atoms with van der Waals surface area (Å²) in [6, 6.07) is 10.0. The van der Waals surface area contributed by atoms with Crippen LogP contribution in [0.2, 0.25) is 0 Å². The molecular weight excluding hydrogens is 385 g/mol. The molecule has 1 amide bonds. The second-order valence-corrected chi connectivity index (χ2v) is 7.47. The predicted octanol–water partition coefficient (Wildman–Crippen LogP) is 3.12. The Morgan fingerprint density at radius 2 is 1.70 bits per heavy atom. The summed E-state index contributed by atoms with van der Waals surface area (Å²) >= 11 is 0. The number of methoxy groups -OCH3 is 1. The number of nitrogens with zero attached hydrogens (tertiary/aromatic N) is 1. The molecule has 27 heavy (non-hydrogen) atoms. The van der Waals surface area contributed by atoms with E-state index in [2.05, 4.69) is 5.32 Å². The van der Waals surface area contributed by atoms with Crippen LogP contribution in [0.1, 0.15) is 5.56 Å². The van der Waals surface area contributed by atoms with Crippen LogP contribution in [-0.4, -0.2) is 34.2 Å². The van der Waals surface area contributed by atoms with Crippen LogP contribution in [0.5, 0.6) is 5.75 Å². The molecule has 0 fully saturated rings. The van der Waals surface area contributed by atoms with Gasteiger partial charge in [-0.05, 0) is 36.4 Å². The van der Waals surface area contributed by atoms with Gasteiger partial charge in [-0.1, -0.05) is 12.1 Å². The first-order chi connectivity index (χ1) is 12.5. The summed E-state index contributed by atoms with van der Waals surface area (Å²) in [5.74, 6) is -0.295. The van der Waals surface area contributed by atoms with Gasteiger partial charge >= 0.3 is 6.18 Å². The van der Waals surface area contributed by atoms with Gasteiger partial charge in [-0.3, -0.25) is 9.10 Å². The Hall–Kier alpha value is -2.75. The Kier molecular flexibility index (Phi) is 5.99. The number of amides is 1. The number of hydrogen-bond donors (Lipinski definition) is 1. The summed E-state index contributed by atoms with van der Waals surface area (Å²) in [6.07, 6.45) is -3.68. The first-order valence-electron chi connectivity index (χ1n) is 7.60. The highest BCUT2D eigenvalue weighted by molar-refractivity contribution is 7.92. The fourth-order valence-corrected chi connectivity index (χ4v) is 3.14. The summed E-state index contributed by atoms with van der Waals surface area (Å²) < 4.78 is 67.9. The average molecular weight is 402 g/mol. The van der Waals surface area contributed by atoms with Crippen LogP contribution in [0.4, 0.5) is 24.5 Å². The SMILES string of the molecule is COc1ccccc1NC(=O)CN(c1ccc(C(F)(F)F)cc1)S(C)(=O)=O. The normalized spacial score (nSPS) is 11.7. The minimum Gasteiger partial charge on any atom is -0.495 e. The molecule has 146 valence electrons. The Balaban J connectivity index is 2.24. The van der Waals surface area contributed by atoms with Crippen molar-refractivity contribution in [3.63, 3.8) is 0 Å². The van der Waals surface area contributed by atoms with Gasteiger partial charge in [0.2, 0.25) is 15.9 Å². The number of nitrogens with one attached hydrogen (secondary N) is 1. The predicted molar refractivity (Wildman–Crippen MR) is 95.3 cm³/mol. The summed E-state index contributed by atoms with van der Waals surface area (Å²) in [5.41, 5.74) is -0.635. The maximum Gasteiger partial charge on any atom is 0.416 e. The molecule has 0 radical (unpaired) electrons. The van der Waals surface area contributed by atoms with Gasteiger partial charge in [0.05, 0.1) is 30.3 Å². The van der Waals surface area contributed by atoms with E-state index in [4.69, 9.17) is 4.74 Å². The van der Waals surface area contributed by atoms with Gasteiger partial charge in [0.25, 0.3) is 0 Å². The highest BCUT2D eigenvalue weighted by Crippen LogP contribution is 2.31. The van der Waals surface area contributed by atoms with Crippen LogP contribution in [0, 0.1) is 0 Å². The van der Waals surface area contributed by atoms with E-state index >= 15 is 0 Å². The molecule has 0 unspecified atom stereocenters. The monoisotopic (exact) mass is 402 g/mol. The van der Waals surface area contributed by atoms with Crippen molar-refractivity contribution >= 4 is 27.3 Å². The third-order valence-electron chi connectivity index (χ3n) is 3.55. The first kappa shape index (κ1) is 20.6. The average Bonchev–Trinajstić information content (AvgIpc) is 2.58. The fourth-order valence-electron chi connectivity index (χ4n) is 2.28. The van der Waals surface area contributed by atoms with E-state index in [1.165, 1.54) is 7.11 Å². The molecule has 2 aromatic rings. The molecule has 6 nitrogen and oxygen atoms in total. The van der Waals surface area contributed by atoms with E-state index in [1.54, 1.807) is 24.3 Å². The standard InChI is InChI=1S/C17H17F3N2O4S/c1-26-15-6-4-3-5-14(15)21-16(23)11-22(27(2,24)25)13-9-7-12(8-10-13)17(18,19)20/h3-10H,11H2,1-2H3,(H,21,23). The van der Waals surface area contributed by atoms with Crippen LogP contribution >= 0.6 is 0 Å². The molecule has 2 aromatic carbocycles. The van der Waals surface area contributed by atoms with Crippen molar-refractivity contribution in [3.8, 4) is 5.75 Å². The van der Waals surface area contributed by atoms with Gasteiger partial charge in [0, 0.05) is 0 Å². The molecule has 0 heterocycles. The zero-order valence-electron chi connectivity index (χ0n) is 14.4. The molecule has 0 spiro atoms. The number of carbonyl (C=O) groups is 1. The Morgan fingerprint density at radius 3 is 2.22 bits per heavy atom. The highest BCUT2D eigenvalue weighted by Gasteiger charge is 2.31. The van der Waals surface area contributed by atoms with Crippen molar-refractivity contribution < 1.29 is 31.1 Å². The number of benzene rings is 2. The van der Waals surface area contributed by atoms with Crippen LogP contribution in [0.15, 0.2) is 48.5 Å². The molecule has 0 aromatic heterocycles. The zero-order valence-corrected chi connectivity index (χ0v) is 15.3. The van der Waals surface area contributed by atoms with E-state index in [-0.39, 0.29) is 5.69 Å². The smallest absolute Gasteiger partial charge is 0.416 e. The minimum absolute atomic E-state index is 0.0549. The molecular formula is C17H17F3N2O4S. The van der Waals surface area contributed by atoms with Crippen LogP contribution in [-0.2, 0) is 21.0 Å². The molecule has 0 aliphatic rings. The number of anilines is 2. The van der Waals surface area contributed by atoms with E-state index in [1.807, 2.05) is 0 Å². The quantitative estimate of drug-likeness (QED) is 0.806. The summed E-state index contributed by atoms with van der Waals surface area (Å²) in [6.45, 7) is -0.609. The molecule has 0 atom stereocenters. The highest BCUT2D eigenvalue weighted by atomic mass is 32.2. The second-order valence-electron chi connectivity index (χ2n) is 5.56. The minimum atomic E-state index is -4.55. The van der Waals surface area contributed by atoms with Gasteiger partial charge in [0.15, 0.2) is 0 Å². The second kappa shape index (κ2) is 7.87. The molecule has 0 aliphatic carbocycles. The van der Waals surface area contributed by atoms with Crippen molar-refractivity contribution in [3.05, 3.63) is 54.1 Å². The Bertz CT molecular complexity index is 913. The number of ether oxygens (including phenoxy) is 1. The van der Waals surface area contributed by atoms with Crippen LogP contribution in [0.3, 0.4) is 0 Å². The third-order valence-corrected chi connectivity index (χ3v) is 4.69. The maximum atomic E-state index is 12.7. The van der Waals surface area contributed by atoms with Crippen molar-refractivity contribution in [1.82, 2.24) is 0 Å². The van der Waals surface area contributed by atoms with Crippen molar-refractivity contribution in [2.75, 3.05) is 29.5 Å². The van der Waals surface area contributed by atoms with Crippen molar-refractivity contribution in [1.29, 1.82) is 0 Å². The Morgan fingerprint density at radius 1 is 1.11 bits per heavy atom. The van der Waals surface area contributed by atoms with Gasteiger partial charge in [-0.25, -0.2) is 8.42 Å². The first-order valence-corrected chi connectivity index (χ1v) is 9.45. The van der Waals surface area contributed by atoms with Gasteiger partial charge in [-0.2, -0.15) is 13.2 Å². The summed E-state index contributed by atoms with van der Waals surface area (Å²) in [4.78, 5) is 12.3. The third kappa shape index (κ3) is 5.36. The number of alkyl halides is 3. The molecule has 0 aliphatic heterocycles. The van der Waals surface area contributed by atoms with Gasteiger partial charge in [-0.15, -0.1) is 0 Å². The van der Waals surface area contributed by atoms with Crippen molar-refractivity contribution in [2.45, 2.75) is 6.18 Å². The number of sulfonamides is 1. The van der Waals surface area contributed by atoms with E-state index in [0.29, 0.717) is 11.4 Å². The molecule has 10 heteroatoms. The van der Waals surface area contributed by atoms with Crippen molar-refractivity contribution in [2.24, 2.45) is 0 Å². The zero-order chi connectivity index (χ0) is 20.2. The van der Waals surface area contributed by atoms with Crippen LogP contribution < -0.4 is 14.4 Å². The van der Waals surface area contributed by atoms with E-state index in [0.717, 1.165) is 34.8 Å². The fraction of sp³-hybridized carbons (Fsp3) is 0.235. The van der Waals surface area contributed by atoms with E-state index < -0.39 is 34.2 Å². The van der Waals surface area contributed by atoms with Gasteiger partial charge in [0.1, 0.15) is 12.3 Å². The lowest BCUT2D eigenvalue weighted by atomic mass is 10.2. The van der Waals surface area contributed by atoms with Crippen LogP contribution in [0.25, 0.3) is 0 Å². The Labute approximate surface area is 154 Å². The lowest BCUT2D eigenvalue weighted by molar-refractivity contribution is -0.137. The number of rotatable bonds is 6. The number of para-hydroxylation sites is 2. The summed E-state index contributed by atoms with van der Waals surface area (Å²) in [5, 5.41) is 2.52. The summed E-state index contributed by atoms with van der Waals surface area (Å²) in [7, 11) is -2.50. The largest absolute Gasteiger partial charge is 0.495 e. The van der Waals surface area contributed by atoms with E-state index in [9.17, 15) is 26.4 Å². The molecule has 0 saturated carbocycles. The number of carbonyl (C=O) groups excluding carboxylic acids is 1. The lowest BCUT2D eigenvalue weighted by Gasteiger charge is -2.22. The molecule has 2 rings (SSSR count). The van der Waals surface area contributed by atoms with Gasteiger partial charge < -0.3 is 10.1 Å². The lowest BCUT2D eigenvalue weighted by Crippen LogP contribution is -2.37. The molecule has 0 bridgehead atoms. The number of hydrogen-bond acceptors (Lipinski definition) is 4. The number of halogens is 3.